The SMILES string of the molecule is CCOc1cc(CNC(CCSC)C(=O)O)cc(Br)c1OCC(=O)Nc1ccc(C)cc1. The predicted molar refractivity (Wildman–Crippen MR) is 132 cm³/mol. The average molecular weight is 525 g/mol. The Hall–Kier alpha value is -2.23. The van der Waals surface area contributed by atoms with Crippen molar-refractivity contribution in [1.82, 2.24) is 5.32 Å². The average Bonchev–Trinajstić information content (AvgIpc) is 2.74. The van der Waals surface area contributed by atoms with Gasteiger partial charge in [-0.1, -0.05) is 17.7 Å². The molecule has 1 atom stereocenters. The number of carbonyl (C=O) groups is 2. The predicted octanol–water partition coefficient (Wildman–Crippen LogP) is 4.47. The first-order valence-electron chi connectivity index (χ1n) is 10.2. The van der Waals surface area contributed by atoms with Gasteiger partial charge in [0.1, 0.15) is 6.04 Å². The second kappa shape index (κ2) is 13.3. The van der Waals surface area contributed by atoms with Crippen LogP contribution in [0, 0.1) is 6.92 Å². The van der Waals surface area contributed by atoms with Gasteiger partial charge in [-0.3, -0.25) is 9.59 Å². The van der Waals surface area contributed by atoms with E-state index in [0.29, 0.717) is 41.2 Å². The molecule has 9 heteroatoms. The molecule has 1 amide bonds. The first-order chi connectivity index (χ1) is 15.3. The minimum atomic E-state index is -0.873. The molecule has 1 unspecified atom stereocenters. The highest BCUT2D eigenvalue weighted by Gasteiger charge is 2.18. The molecule has 0 saturated carbocycles. The van der Waals surface area contributed by atoms with Gasteiger partial charge in [-0.15, -0.1) is 0 Å². The molecule has 0 saturated heterocycles. The Kier molecular flexibility index (Phi) is 10.9. The van der Waals surface area contributed by atoms with Crippen LogP contribution >= 0.6 is 27.7 Å². The lowest BCUT2D eigenvalue weighted by Crippen LogP contribution is -2.36. The van der Waals surface area contributed by atoms with Crippen molar-refractivity contribution in [3.8, 4) is 11.5 Å². The normalized spacial score (nSPS) is 11.6. The zero-order valence-corrected chi connectivity index (χ0v) is 20.8. The number of thioether (sulfide) groups is 1. The summed E-state index contributed by atoms with van der Waals surface area (Å²) in [5, 5.41) is 15.3. The van der Waals surface area contributed by atoms with Crippen LogP contribution in [0.2, 0.25) is 0 Å². The molecule has 2 aromatic carbocycles. The van der Waals surface area contributed by atoms with Crippen molar-refractivity contribution < 1.29 is 24.2 Å². The number of carbonyl (C=O) groups excluding carboxylic acids is 1. The molecule has 32 heavy (non-hydrogen) atoms. The molecule has 0 spiro atoms. The number of hydrogen-bond donors (Lipinski definition) is 3. The Balaban J connectivity index is 2.05. The fourth-order valence-corrected chi connectivity index (χ4v) is 3.96. The monoisotopic (exact) mass is 524 g/mol. The minimum Gasteiger partial charge on any atom is -0.490 e. The molecule has 7 nitrogen and oxygen atoms in total. The minimum absolute atomic E-state index is 0.181. The highest BCUT2D eigenvalue weighted by molar-refractivity contribution is 9.10. The number of benzene rings is 2. The number of hydrogen-bond acceptors (Lipinski definition) is 6. The highest BCUT2D eigenvalue weighted by Crippen LogP contribution is 2.37. The van der Waals surface area contributed by atoms with Gasteiger partial charge in [0, 0.05) is 12.2 Å². The van der Waals surface area contributed by atoms with E-state index >= 15 is 0 Å². The van der Waals surface area contributed by atoms with E-state index in [1.54, 1.807) is 17.8 Å². The fourth-order valence-electron chi connectivity index (χ4n) is 2.89. The standard InChI is InChI=1S/C23H29BrN2O5S/c1-4-30-20-12-16(13-25-19(23(28)29)9-10-32-3)11-18(24)22(20)31-14-21(27)26-17-7-5-15(2)6-8-17/h5-8,11-12,19,25H,4,9-10,13-14H2,1-3H3,(H,26,27)(H,28,29). The number of anilines is 1. The summed E-state index contributed by atoms with van der Waals surface area (Å²) in [4.78, 5) is 23.7. The van der Waals surface area contributed by atoms with E-state index in [4.69, 9.17) is 9.47 Å². The number of aryl methyl sites for hydroxylation is 1. The van der Waals surface area contributed by atoms with E-state index in [-0.39, 0.29) is 12.5 Å². The molecule has 0 aliphatic carbocycles. The van der Waals surface area contributed by atoms with Crippen molar-refractivity contribution in [2.75, 3.05) is 30.5 Å². The summed E-state index contributed by atoms with van der Waals surface area (Å²) in [6.07, 6.45) is 2.48. The summed E-state index contributed by atoms with van der Waals surface area (Å²) < 4.78 is 12.1. The van der Waals surface area contributed by atoms with Crippen LogP contribution in [-0.2, 0) is 16.1 Å². The maximum Gasteiger partial charge on any atom is 0.320 e. The Morgan fingerprint density at radius 1 is 1.19 bits per heavy atom. The summed E-state index contributed by atoms with van der Waals surface area (Å²) in [5.41, 5.74) is 2.65. The molecule has 174 valence electrons. The molecule has 0 heterocycles. The summed E-state index contributed by atoms with van der Waals surface area (Å²) in [6, 6.07) is 10.5. The van der Waals surface area contributed by atoms with Gasteiger partial charge in [-0.25, -0.2) is 0 Å². The Labute approximate surface area is 201 Å². The molecule has 0 fully saturated rings. The largest absolute Gasteiger partial charge is 0.490 e. The molecule has 0 aliphatic rings. The topological polar surface area (TPSA) is 96.9 Å². The van der Waals surface area contributed by atoms with Crippen molar-refractivity contribution in [2.24, 2.45) is 0 Å². The summed E-state index contributed by atoms with van der Waals surface area (Å²) >= 11 is 5.10. The maximum atomic E-state index is 12.3. The third-order valence-corrected chi connectivity index (χ3v) is 5.75. The van der Waals surface area contributed by atoms with E-state index in [1.807, 2.05) is 50.4 Å². The van der Waals surface area contributed by atoms with Crippen LogP contribution in [0.25, 0.3) is 0 Å². The maximum absolute atomic E-state index is 12.3. The number of carboxylic acid groups (broad SMARTS) is 1. The molecule has 2 aromatic rings. The zero-order chi connectivity index (χ0) is 23.5. The van der Waals surface area contributed by atoms with Gasteiger partial charge in [0.2, 0.25) is 0 Å². The Morgan fingerprint density at radius 3 is 2.53 bits per heavy atom. The lowest BCUT2D eigenvalue weighted by molar-refractivity contribution is -0.139. The zero-order valence-electron chi connectivity index (χ0n) is 18.4. The van der Waals surface area contributed by atoms with Crippen molar-refractivity contribution in [3.05, 3.63) is 52.0 Å². The molecule has 3 N–H and O–H groups in total. The second-order valence-electron chi connectivity index (χ2n) is 7.09. The first kappa shape index (κ1) is 26.0. The second-order valence-corrected chi connectivity index (χ2v) is 8.93. The number of aliphatic carboxylic acids is 1. The molecule has 2 rings (SSSR count). The van der Waals surface area contributed by atoms with Crippen molar-refractivity contribution in [1.29, 1.82) is 0 Å². The number of nitrogens with one attached hydrogen (secondary N) is 2. The van der Waals surface area contributed by atoms with Crippen LogP contribution in [0.1, 0.15) is 24.5 Å². The third-order valence-electron chi connectivity index (χ3n) is 4.51. The van der Waals surface area contributed by atoms with E-state index in [2.05, 4.69) is 26.6 Å². The summed E-state index contributed by atoms with van der Waals surface area (Å²) in [7, 11) is 0. The van der Waals surface area contributed by atoms with Gasteiger partial charge in [-0.05, 0) is 78.0 Å². The van der Waals surface area contributed by atoms with E-state index in [0.717, 1.165) is 16.9 Å². The number of amides is 1. The number of rotatable bonds is 13. The number of halogens is 1. The van der Waals surface area contributed by atoms with Crippen molar-refractivity contribution in [3.63, 3.8) is 0 Å². The lowest BCUT2D eigenvalue weighted by Gasteiger charge is -2.17. The number of ether oxygens (including phenoxy) is 2. The fraction of sp³-hybridized carbons (Fsp3) is 0.391. The van der Waals surface area contributed by atoms with E-state index < -0.39 is 12.0 Å². The van der Waals surface area contributed by atoms with Crippen LogP contribution in [0.5, 0.6) is 11.5 Å². The first-order valence-corrected chi connectivity index (χ1v) is 12.4. The van der Waals surface area contributed by atoms with Crippen LogP contribution in [0.4, 0.5) is 5.69 Å². The van der Waals surface area contributed by atoms with Crippen LogP contribution in [0.15, 0.2) is 40.9 Å². The van der Waals surface area contributed by atoms with Crippen molar-refractivity contribution >= 4 is 45.3 Å². The van der Waals surface area contributed by atoms with Gasteiger partial charge in [0.15, 0.2) is 18.1 Å². The lowest BCUT2D eigenvalue weighted by atomic mass is 10.1. The van der Waals surface area contributed by atoms with Crippen LogP contribution in [-0.4, -0.2) is 48.2 Å². The Bertz CT molecular complexity index is 908. The van der Waals surface area contributed by atoms with Crippen LogP contribution < -0.4 is 20.1 Å². The van der Waals surface area contributed by atoms with Gasteiger partial charge in [0.25, 0.3) is 5.91 Å². The highest BCUT2D eigenvalue weighted by atomic mass is 79.9. The smallest absolute Gasteiger partial charge is 0.320 e. The molecule has 0 bridgehead atoms. The van der Waals surface area contributed by atoms with Gasteiger partial charge >= 0.3 is 5.97 Å². The van der Waals surface area contributed by atoms with Gasteiger partial charge in [0.05, 0.1) is 11.1 Å². The van der Waals surface area contributed by atoms with Gasteiger partial charge in [-0.2, -0.15) is 11.8 Å². The molecule has 0 aromatic heterocycles. The summed E-state index contributed by atoms with van der Waals surface area (Å²) in [5.74, 6) is 0.509. The number of carboxylic acids is 1. The molecular weight excluding hydrogens is 496 g/mol. The third kappa shape index (κ3) is 8.37. The van der Waals surface area contributed by atoms with E-state index in [9.17, 15) is 14.7 Å². The van der Waals surface area contributed by atoms with Crippen LogP contribution in [0.3, 0.4) is 0 Å². The molecule has 0 aliphatic heterocycles. The van der Waals surface area contributed by atoms with Gasteiger partial charge < -0.3 is 25.2 Å². The quantitative estimate of drug-likeness (QED) is 0.355. The summed E-state index contributed by atoms with van der Waals surface area (Å²) in [6.45, 7) is 4.43. The molecular formula is C23H29BrN2O5S. The molecule has 0 radical (unpaired) electrons. The Morgan fingerprint density at radius 2 is 1.91 bits per heavy atom. The van der Waals surface area contributed by atoms with E-state index in [1.165, 1.54) is 0 Å². The van der Waals surface area contributed by atoms with Crippen molar-refractivity contribution in [2.45, 2.75) is 32.9 Å².